The number of sulfonamides is 1. The fourth-order valence-corrected chi connectivity index (χ4v) is 5.67. The molecule has 22 heavy (non-hydrogen) atoms. The number of anilines is 1. The maximum Gasteiger partial charge on any atom is 0.243 e. The molecule has 2 atom stereocenters. The summed E-state index contributed by atoms with van der Waals surface area (Å²) < 4.78 is 27.3. The average Bonchev–Trinajstić information content (AvgIpc) is 2.45. The fraction of sp³-hybridized carbons (Fsp3) is 0.533. The fourth-order valence-electron chi connectivity index (χ4n) is 3.17. The van der Waals surface area contributed by atoms with Crippen LogP contribution in [-0.4, -0.2) is 37.5 Å². The molecule has 3 rings (SSSR count). The Morgan fingerprint density at radius 1 is 1.23 bits per heavy atom. The minimum Gasteiger partial charge on any atom is -0.324 e. The zero-order valence-corrected chi connectivity index (χ0v) is 14.3. The zero-order chi connectivity index (χ0) is 15.9. The molecule has 1 fully saturated rings. The van der Waals surface area contributed by atoms with Crippen molar-refractivity contribution in [1.82, 2.24) is 4.31 Å². The van der Waals surface area contributed by atoms with Gasteiger partial charge in [0.25, 0.3) is 0 Å². The molecule has 0 aromatic heterocycles. The second kappa shape index (κ2) is 5.86. The first-order valence-corrected chi connectivity index (χ1v) is 9.85. The van der Waals surface area contributed by atoms with Gasteiger partial charge in [0.15, 0.2) is 0 Å². The number of nitrogens with one attached hydrogen (secondary N) is 1. The number of fused-ring (bicyclic) bond motifs is 1. The Hall–Kier alpha value is -1.05. The van der Waals surface area contributed by atoms with Crippen molar-refractivity contribution in [3.63, 3.8) is 0 Å². The van der Waals surface area contributed by atoms with Crippen molar-refractivity contribution in [2.45, 2.75) is 30.1 Å². The van der Waals surface area contributed by atoms with Gasteiger partial charge in [0.05, 0.1) is 16.3 Å². The normalized spacial score (nSPS) is 26.4. The smallest absolute Gasteiger partial charge is 0.243 e. The number of nitrogens with zero attached hydrogens (tertiary/aromatic N) is 1. The van der Waals surface area contributed by atoms with Crippen LogP contribution in [0.1, 0.15) is 20.3 Å². The lowest BCUT2D eigenvalue weighted by atomic mass is 9.94. The Bertz CT molecular complexity index is 693. The zero-order valence-electron chi connectivity index (χ0n) is 12.7. The Kier molecular flexibility index (Phi) is 4.22. The van der Waals surface area contributed by atoms with Crippen LogP contribution in [0.4, 0.5) is 5.69 Å². The summed E-state index contributed by atoms with van der Waals surface area (Å²) in [5, 5.41) is 2.75. The first kappa shape index (κ1) is 15.8. The lowest BCUT2D eigenvalue weighted by molar-refractivity contribution is -0.113. The maximum absolute atomic E-state index is 12.9. The number of carbonyl (C=O) groups is 1. The van der Waals surface area contributed by atoms with E-state index in [1.165, 1.54) is 11.8 Å². The summed E-state index contributed by atoms with van der Waals surface area (Å²) >= 11 is 1.43. The van der Waals surface area contributed by atoms with Crippen molar-refractivity contribution < 1.29 is 13.2 Å². The molecular weight excluding hydrogens is 320 g/mol. The summed E-state index contributed by atoms with van der Waals surface area (Å²) in [6, 6.07) is 5.00. The second-order valence-electron chi connectivity index (χ2n) is 6.26. The van der Waals surface area contributed by atoms with Gasteiger partial charge in [0.1, 0.15) is 0 Å². The van der Waals surface area contributed by atoms with Gasteiger partial charge >= 0.3 is 0 Å². The van der Waals surface area contributed by atoms with Crippen LogP contribution in [0.2, 0.25) is 0 Å². The number of hydrogen-bond donors (Lipinski definition) is 1. The van der Waals surface area contributed by atoms with Gasteiger partial charge in [-0.3, -0.25) is 4.79 Å². The molecule has 0 aliphatic carbocycles. The number of rotatable bonds is 2. The molecule has 2 aliphatic heterocycles. The standard InChI is InChI=1S/C15H20N2O3S2/c1-10-5-11(2)8-17(7-10)22(19,20)12-3-4-14-13(6-12)16-15(18)9-21-14/h3-4,6,10-11H,5,7-9H2,1-2H3,(H,16,18). The van der Waals surface area contributed by atoms with Crippen molar-refractivity contribution >= 4 is 33.4 Å². The van der Waals surface area contributed by atoms with Gasteiger partial charge < -0.3 is 5.32 Å². The van der Waals surface area contributed by atoms with Crippen LogP contribution in [0, 0.1) is 11.8 Å². The van der Waals surface area contributed by atoms with Gasteiger partial charge in [-0.05, 0) is 36.5 Å². The van der Waals surface area contributed by atoms with Gasteiger partial charge in [-0.15, -0.1) is 11.8 Å². The van der Waals surface area contributed by atoms with E-state index in [0.29, 0.717) is 36.4 Å². The van der Waals surface area contributed by atoms with Gasteiger partial charge in [-0.2, -0.15) is 4.31 Å². The van der Waals surface area contributed by atoms with Crippen LogP contribution in [0.3, 0.4) is 0 Å². The van der Waals surface area contributed by atoms with Crippen LogP contribution in [0.25, 0.3) is 0 Å². The predicted molar refractivity (Wildman–Crippen MR) is 87.5 cm³/mol. The topological polar surface area (TPSA) is 66.5 Å². The van der Waals surface area contributed by atoms with Crippen molar-refractivity contribution in [3.05, 3.63) is 18.2 Å². The summed E-state index contributed by atoms with van der Waals surface area (Å²) in [4.78, 5) is 12.7. The number of amides is 1. The number of thioether (sulfide) groups is 1. The third-order valence-electron chi connectivity index (χ3n) is 4.06. The molecule has 0 saturated carbocycles. The first-order valence-electron chi connectivity index (χ1n) is 7.43. The average molecular weight is 340 g/mol. The van der Waals surface area contributed by atoms with Gasteiger partial charge in [-0.1, -0.05) is 13.8 Å². The Morgan fingerprint density at radius 2 is 1.91 bits per heavy atom. The summed E-state index contributed by atoms with van der Waals surface area (Å²) in [5.74, 6) is 1.02. The van der Waals surface area contributed by atoms with Gasteiger partial charge in [0, 0.05) is 18.0 Å². The summed E-state index contributed by atoms with van der Waals surface area (Å²) in [7, 11) is -3.51. The number of benzene rings is 1. The predicted octanol–water partition coefficient (Wildman–Crippen LogP) is 2.40. The summed E-state index contributed by atoms with van der Waals surface area (Å²) in [6.45, 7) is 5.29. The van der Waals surface area contributed by atoms with E-state index in [9.17, 15) is 13.2 Å². The Morgan fingerprint density at radius 3 is 2.59 bits per heavy atom. The minimum absolute atomic E-state index is 0.0905. The lowest BCUT2D eigenvalue weighted by Gasteiger charge is -2.34. The quantitative estimate of drug-likeness (QED) is 0.898. The molecule has 0 radical (unpaired) electrons. The summed E-state index contributed by atoms with van der Waals surface area (Å²) in [5.41, 5.74) is 0.598. The molecule has 5 nitrogen and oxygen atoms in total. The third kappa shape index (κ3) is 3.02. The van der Waals surface area contributed by atoms with E-state index < -0.39 is 10.0 Å². The van der Waals surface area contributed by atoms with Gasteiger partial charge in [-0.25, -0.2) is 8.42 Å². The highest BCUT2D eigenvalue weighted by molar-refractivity contribution is 8.00. The minimum atomic E-state index is -3.51. The van der Waals surface area contributed by atoms with Crippen molar-refractivity contribution in [2.24, 2.45) is 11.8 Å². The molecule has 1 N–H and O–H groups in total. The SMILES string of the molecule is CC1CC(C)CN(S(=O)(=O)c2ccc3c(c2)NC(=O)CS3)C1. The van der Waals surface area contributed by atoms with E-state index >= 15 is 0 Å². The van der Waals surface area contributed by atoms with Crippen molar-refractivity contribution in [2.75, 3.05) is 24.2 Å². The second-order valence-corrected chi connectivity index (χ2v) is 9.22. The number of piperidine rings is 1. The molecule has 0 bridgehead atoms. The Balaban J connectivity index is 1.92. The van der Waals surface area contributed by atoms with E-state index in [1.807, 2.05) is 0 Å². The highest BCUT2D eigenvalue weighted by Gasteiger charge is 2.32. The largest absolute Gasteiger partial charge is 0.324 e. The van der Waals surface area contributed by atoms with E-state index in [4.69, 9.17) is 0 Å². The summed E-state index contributed by atoms with van der Waals surface area (Å²) in [6.07, 6.45) is 1.06. The molecular formula is C15H20N2O3S2. The highest BCUT2D eigenvalue weighted by atomic mass is 32.2. The van der Waals surface area contributed by atoms with Crippen LogP contribution in [0.15, 0.2) is 28.0 Å². The molecule has 2 aliphatic rings. The van der Waals surface area contributed by atoms with E-state index in [-0.39, 0.29) is 10.8 Å². The monoisotopic (exact) mass is 340 g/mol. The number of hydrogen-bond acceptors (Lipinski definition) is 4. The molecule has 7 heteroatoms. The van der Waals surface area contributed by atoms with E-state index in [0.717, 1.165) is 11.3 Å². The highest BCUT2D eigenvalue weighted by Crippen LogP contribution is 2.34. The molecule has 0 spiro atoms. The third-order valence-corrected chi connectivity index (χ3v) is 6.96. The van der Waals surface area contributed by atoms with Crippen LogP contribution in [-0.2, 0) is 14.8 Å². The molecule has 1 saturated heterocycles. The molecule has 1 aromatic carbocycles. The molecule has 2 heterocycles. The van der Waals surface area contributed by atoms with Gasteiger partial charge in [0.2, 0.25) is 15.9 Å². The molecule has 120 valence electrons. The number of carbonyl (C=O) groups excluding carboxylic acids is 1. The molecule has 1 amide bonds. The maximum atomic E-state index is 12.9. The van der Waals surface area contributed by atoms with Crippen LogP contribution in [0.5, 0.6) is 0 Å². The lowest BCUT2D eigenvalue weighted by Crippen LogP contribution is -2.42. The molecule has 2 unspecified atom stereocenters. The van der Waals surface area contributed by atoms with Crippen molar-refractivity contribution in [3.8, 4) is 0 Å². The Labute approximate surface area is 135 Å². The molecule has 1 aromatic rings. The first-order chi connectivity index (χ1) is 10.4. The van der Waals surface area contributed by atoms with Crippen molar-refractivity contribution in [1.29, 1.82) is 0 Å². The van der Waals surface area contributed by atoms with Crippen LogP contribution < -0.4 is 5.32 Å². The van der Waals surface area contributed by atoms with Crippen LogP contribution >= 0.6 is 11.8 Å². The van der Waals surface area contributed by atoms with E-state index in [2.05, 4.69) is 19.2 Å². The van der Waals surface area contributed by atoms with E-state index in [1.54, 1.807) is 22.5 Å².